The van der Waals surface area contributed by atoms with Crippen LogP contribution in [0.25, 0.3) is 11.3 Å². The van der Waals surface area contributed by atoms with Crippen molar-refractivity contribution >= 4 is 39.1 Å². The van der Waals surface area contributed by atoms with Crippen LogP contribution in [-0.2, 0) is 20.4 Å². The number of benzene rings is 1. The van der Waals surface area contributed by atoms with Gasteiger partial charge in [0.05, 0.1) is 35.8 Å². The summed E-state index contributed by atoms with van der Waals surface area (Å²) in [6.45, 7) is 5.07. The number of hydrogen-bond acceptors (Lipinski definition) is 10. The molecule has 1 saturated heterocycles. The fraction of sp³-hybridized carbons (Fsp3) is 0.370. The molecule has 41 heavy (non-hydrogen) atoms. The molecule has 1 fully saturated rings. The van der Waals surface area contributed by atoms with Crippen LogP contribution in [0.4, 0.5) is 11.6 Å². The Balaban J connectivity index is 1.43. The van der Waals surface area contributed by atoms with Gasteiger partial charge in [0, 0.05) is 61.7 Å². The van der Waals surface area contributed by atoms with E-state index in [0.717, 1.165) is 0 Å². The van der Waals surface area contributed by atoms with Crippen molar-refractivity contribution < 1.29 is 18.0 Å². The maximum atomic E-state index is 12.6. The van der Waals surface area contributed by atoms with E-state index in [1.54, 1.807) is 67.5 Å². The van der Waals surface area contributed by atoms with Gasteiger partial charge in [-0.1, -0.05) is 0 Å². The van der Waals surface area contributed by atoms with E-state index < -0.39 is 21.3 Å². The third-order valence-corrected chi connectivity index (χ3v) is 8.54. The molecule has 214 valence electrons. The van der Waals surface area contributed by atoms with Gasteiger partial charge in [-0.25, -0.2) is 18.4 Å². The predicted octanol–water partition coefficient (Wildman–Crippen LogP) is 2.48. The Kier molecular flexibility index (Phi) is 8.60. The summed E-state index contributed by atoms with van der Waals surface area (Å²) in [5.74, 6) is -0.327. The maximum absolute atomic E-state index is 12.6. The summed E-state index contributed by atoms with van der Waals surface area (Å²) >= 11 is 0. The topological polar surface area (TPSA) is 187 Å². The third kappa shape index (κ3) is 6.64. The fourth-order valence-electron chi connectivity index (χ4n) is 4.57. The Morgan fingerprint density at radius 2 is 1.93 bits per heavy atom. The molecular formula is C27H31N9O4S. The van der Waals surface area contributed by atoms with Gasteiger partial charge >= 0.3 is 0 Å². The van der Waals surface area contributed by atoms with Crippen LogP contribution in [-0.4, -0.2) is 74.8 Å². The quantitative estimate of drug-likeness (QED) is 0.215. The molecule has 1 aliphatic heterocycles. The molecule has 14 heteroatoms. The number of anilines is 2. The molecule has 13 nitrogen and oxygen atoms in total. The summed E-state index contributed by atoms with van der Waals surface area (Å²) < 4.78 is 27.5. The summed E-state index contributed by atoms with van der Waals surface area (Å²) in [5.41, 5.74) is 1.41. The molecule has 3 aromatic rings. The molecule has 0 bridgehead atoms. The predicted molar refractivity (Wildman–Crippen MR) is 152 cm³/mol. The Labute approximate surface area is 238 Å². The number of amides is 1. The molecule has 1 aromatic carbocycles. The van der Waals surface area contributed by atoms with Crippen LogP contribution >= 0.6 is 0 Å². The smallest absolute Gasteiger partial charge is 0.227 e. The second kappa shape index (κ2) is 11.9. The van der Waals surface area contributed by atoms with Gasteiger partial charge in [0.15, 0.2) is 0 Å². The minimum Gasteiger partial charge on any atom is -0.353 e. The van der Waals surface area contributed by atoms with Crippen molar-refractivity contribution in [1.29, 1.82) is 10.7 Å². The maximum Gasteiger partial charge on any atom is 0.227 e. The highest BCUT2D eigenvalue weighted by Crippen LogP contribution is 2.35. The molecule has 1 atom stereocenters. The van der Waals surface area contributed by atoms with Gasteiger partial charge in [-0.2, -0.15) is 14.7 Å². The van der Waals surface area contributed by atoms with Gasteiger partial charge in [-0.3, -0.25) is 14.3 Å². The number of sulfonamides is 1. The molecule has 1 unspecified atom stereocenters. The first-order valence-electron chi connectivity index (χ1n) is 13.0. The zero-order valence-electron chi connectivity index (χ0n) is 23.0. The first-order chi connectivity index (χ1) is 19.5. The molecule has 2 aromatic heterocycles. The number of carbonyl (C=O) groups excluding carboxylic acids is 2. The van der Waals surface area contributed by atoms with Crippen LogP contribution in [0.15, 0.2) is 48.9 Å². The molecule has 0 aliphatic carbocycles. The monoisotopic (exact) mass is 577 g/mol. The van der Waals surface area contributed by atoms with Crippen molar-refractivity contribution in [2.75, 3.05) is 24.2 Å². The van der Waals surface area contributed by atoms with Crippen LogP contribution in [0.3, 0.4) is 0 Å². The summed E-state index contributed by atoms with van der Waals surface area (Å²) in [6.07, 6.45) is 5.20. The number of ketones is 1. The van der Waals surface area contributed by atoms with Crippen LogP contribution in [0.2, 0.25) is 0 Å². The van der Waals surface area contributed by atoms with Gasteiger partial charge in [-0.15, -0.1) is 0 Å². The average Bonchev–Trinajstić information content (AvgIpc) is 3.41. The number of carbonyl (C=O) groups is 2. The molecule has 0 radical (unpaired) electrons. The van der Waals surface area contributed by atoms with Gasteiger partial charge in [0.1, 0.15) is 5.54 Å². The van der Waals surface area contributed by atoms with Crippen molar-refractivity contribution in [3.63, 3.8) is 0 Å². The zero-order valence-corrected chi connectivity index (χ0v) is 23.8. The van der Waals surface area contributed by atoms with Crippen molar-refractivity contribution in [3.05, 3.63) is 54.5 Å². The van der Waals surface area contributed by atoms with E-state index in [1.807, 2.05) is 0 Å². The Hall–Kier alpha value is -4.48. The first-order valence-corrected chi connectivity index (χ1v) is 14.6. The molecular weight excluding hydrogens is 546 g/mol. The van der Waals surface area contributed by atoms with Crippen molar-refractivity contribution in [3.8, 4) is 17.3 Å². The molecule has 0 spiro atoms. The molecule has 4 rings (SSSR count). The minimum atomic E-state index is -3.35. The third-order valence-electron chi connectivity index (χ3n) is 6.76. The van der Waals surface area contributed by atoms with Crippen LogP contribution in [0.5, 0.6) is 0 Å². The lowest BCUT2D eigenvalue weighted by atomic mass is 9.89. The van der Waals surface area contributed by atoms with Crippen LogP contribution in [0, 0.1) is 16.7 Å². The second-order valence-electron chi connectivity index (χ2n) is 9.98. The highest BCUT2D eigenvalue weighted by atomic mass is 32.2. The number of nitrogens with one attached hydrogen (secondary N) is 3. The molecule has 1 amide bonds. The van der Waals surface area contributed by atoms with E-state index >= 15 is 0 Å². The number of nitrogens with zero attached hydrogens (tertiary/aromatic N) is 6. The van der Waals surface area contributed by atoms with Crippen LogP contribution < -0.4 is 10.6 Å². The van der Waals surface area contributed by atoms with E-state index in [9.17, 15) is 23.3 Å². The lowest BCUT2D eigenvalue weighted by Gasteiger charge is -2.47. The first kappa shape index (κ1) is 29.5. The van der Waals surface area contributed by atoms with Crippen molar-refractivity contribution in [2.24, 2.45) is 0 Å². The number of rotatable bonds is 12. The highest BCUT2D eigenvalue weighted by Gasteiger charge is 2.49. The number of nitriles is 1. The molecule has 3 heterocycles. The number of Topliss-reactive ketones (excluding diaryl/α,β-unsaturated/α-hetero) is 1. The molecule has 0 saturated carbocycles. The summed E-state index contributed by atoms with van der Waals surface area (Å²) in [7, 11) is -3.35. The minimum absolute atomic E-state index is 0.00133. The van der Waals surface area contributed by atoms with Gasteiger partial charge in [0.25, 0.3) is 0 Å². The standard InChI is InChI=1S/C27H31N9O4S/c1-4-41(39,40)35-16-27(17-35,10-11-28)36-15-21(14-31-36)24-9-12-30-26(34-24)33-22-7-5-20(6-8-22)25(38)23(29)13-18(2)32-19(3)37/h5-9,12,14-15,18,29H,4,10,13,16-17H2,1-3H3,(H,32,37)(H,30,33,34). The lowest BCUT2D eigenvalue weighted by molar-refractivity contribution is -0.119. The SMILES string of the molecule is CCS(=O)(=O)N1CC(CC#N)(n2cc(-c3ccnc(Nc4ccc(C(=O)C(=N)CC(C)NC(C)=O)cc4)n3)cn2)C1. The van der Waals surface area contributed by atoms with E-state index in [0.29, 0.717) is 28.5 Å². The summed E-state index contributed by atoms with van der Waals surface area (Å²) in [6, 6.07) is 10.1. The van der Waals surface area contributed by atoms with Crippen molar-refractivity contribution in [2.45, 2.75) is 45.2 Å². The molecule has 3 N–H and O–H groups in total. The largest absolute Gasteiger partial charge is 0.353 e. The highest BCUT2D eigenvalue weighted by molar-refractivity contribution is 7.89. The summed E-state index contributed by atoms with van der Waals surface area (Å²) in [5, 5.41) is 27.6. The van der Waals surface area contributed by atoms with E-state index in [2.05, 4.69) is 31.8 Å². The lowest BCUT2D eigenvalue weighted by Crippen LogP contribution is -2.64. The Morgan fingerprint density at radius 3 is 2.56 bits per heavy atom. The Morgan fingerprint density at radius 1 is 1.22 bits per heavy atom. The second-order valence-corrected chi connectivity index (χ2v) is 12.2. The van der Waals surface area contributed by atoms with Crippen LogP contribution in [0.1, 0.15) is 44.0 Å². The van der Waals surface area contributed by atoms with E-state index in [1.165, 1.54) is 11.2 Å². The van der Waals surface area contributed by atoms with Gasteiger partial charge in [-0.05, 0) is 44.2 Å². The zero-order chi connectivity index (χ0) is 29.8. The number of hydrogen-bond donors (Lipinski definition) is 3. The van der Waals surface area contributed by atoms with E-state index in [4.69, 9.17) is 5.41 Å². The van der Waals surface area contributed by atoms with Gasteiger partial charge < -0.3 is 16.0 Å². The fourth-order valence-corrected chi connectivity index (χ4v) is 5.81. The van der Waals surface area contributed by atoms with Crippen molar-refractivity contribution in [1.82, 2.24) is 29.4 Å². The normalized spacial score (nSPS) is 15.3. The Bertz CT molecular complexity index is 1600. The molecule has 1 aliphatic rings. The average molecular weight is 578 g/mol. The van der Waals surface area contributed by atoms with E-state index in [-0.39, 0.29) is 49.3 Å². The summed E-state index contributed by atoms with van der Waals surface area (Å²) in [4.78, 5) is 32.6. The van der Waals surface area contributed by atoms with Gasteiger partial charge in [0.2, 0.25) is 27.7 Å². The number of aromatic nitrogens is 4.